The number of rotatable bonds is 6. The smallest absolute Gasteiger partial charge is 0.497 e. The van der Waals surface area contributed by atoms with E-state index in [1.807, 2.05) is 18.2 Å². The molecule has 5 nitrogen and oxygen atoms in total. The molecule has 9 heteroatoms. The molecule has 0 fully saturated rings. The molecule has 3 N–H and O–H groups in total. The summed E-state index contributed by atoms with van der Waals surface area (Å²) < 4.78 is 45.2. The minimum atomic E-state index is -4.69. The molecule has 2 aromatic carbocycles. The molecule has 0 aliphatic heterocycles. The molecule has 0 heterocycles. The summed E-state index contributed by atoms with van der Waals surface area (Å²) in [7, 11) is 1.57. The van der Waals surface area contributed by atoms with Crippen molar-refractivity contribution in [2.75, 3.05) is 19.0 Å². The average Bonchev–Trinajstić information content (AvgIpc) is 2.55. The molecule has 26 heavy (non-hydrogen) atoms. The number of hydrogen-bond acceptors (Lipinski definition) is 3. The van der Waals surface area contributed by atoms with Gasteiger partial charge in [-0.25, -0.2) is 0 Å². The first kappa shape index (κ1) is 21.9. The van der Waals surface area contributed by atoms with Gasteiger partial charge in [0.1, 0.15) is 11.5 Å². The van der Waals surface area contributed by atoms with Crippen LogP contribution in [0, 0.1) is 0 Å². The molecule has 0 unspecified atom stereocenters. The maximum atomic E-state index is 12.1. The molecule has 0 aliphatic rings. The van der Waals surface area contributed by atoms with E-state index in [2.05, 4.69) is 15.0 Å². The fourth-order valence-corrected chi connectivity index (χ4v) is 2.05. The number of guanidine groups is 1. The minimum absolute atomic E-state index is 0. The van der Waals surface area contributed by atoms with E-state index in [0.29, 0.717) is 18.7 Å². The van der Waals surface area contributed by atoms with Crippen LogP contribution in [0.15, 0.2) is 53.5 Å². The Morgan fingerprint density at radius 1 is 1.12 bits per heavy atom. The van der Waals surface area contributed by atoms with Crippen LogP contribution in [0.5, 0.6) is 11.5 Å². The number of halogens is 4. The zero-order valence-corrected chi connectivity index (χ0v) is 16.2. The van der Waals surface area contributed by atoms with E-state index in [1.54, 1.807) is 25.3 Å². The number of nitrogens with one attached hydrogen (secondary N) is 1. The van der Waals surface area contributed by atoms with Crippen LogP contribution in [-0.4, -0.2) is 26.0 Å². The molecule has 0 atom stereocenters. The second-order valence-corrected chi connectivity index (χ2v) is 5.07. The van der Waals surface area contributed by atoms with E-state index >= 15 is 0 Å². The number of alkyl halides is 3. The summed E-state index contributed by atoms with van der Waals surface area (Å²) in [5, 5.41) is 2.94. The third kappa shape index (κ3) is 7.81. The first-order valence-electron chi connectivity index (χ1n) is 7.41. The van der Waals surface area contributed by atoms with Crippen LogP contribution < -0.4 is 20.5 Å². The zero-order valence-electron chi connectivity index (χ0n) is 13.9. The van der Waals surface area contributed by atoms with Crippen LogP contribution in [0.2, 0.25) is 0 Å². The van der Waals surface area contributed by atoms with E-state index in [-0.39, 0.29) is 35.7 Å². The fourth-order valence-electron chi connectivity index (χ4n) is 2.05. The summed E-state index contributed by atoms with van der Waals surface area (Å²) in [6, 6.07) is 12.9. The number of hydrogen-bond donors (Lipinski definition) is 2. The monoisotopic (exact) mass is 481 g/mol. The van der Waals surface area contributed by atoms with Gasteiger partial charge in [0.2, 0.25) is 0 Å². The lowest BCUT2D eigenvalue weighted by Gasteiger charge is -2.09. The lowest BCUT2D eigenvalue weighted by atomic mass is 10.1. The normalized spacial score (nSPS) is 11.5. The highest BCUT2D eigenvalue weighted by atomic mass is 127. The standard InChI is InChI=1S/C17H18F3N3O2.HI/c1-24-15-4-2-3-13(11-15)23-16(21)22-10-9-12-5-7-14(8-6-12)25-17(18,19)20;/h2-8,11H,9-10H2,1H3,(H3,21,22,23);1H. The third-order valence-electron chi connectivity index (χ3n) is 3.18. The lowest BCUT2D eigenvalue weighted by Crippen LogP contribution is -2.23. The second kappa shape index (κ2) is 10.1. The molecule has 0 radical (unpaired) electrons. The van der Waals surface area contributed by atoms with Crippen molar-refractivity contribution in [1.82, 2.24) is 0 Å². The summed E-state index contributed by atoms with van der Waals surface area (Å²) in [6.07, 6.45) is -4.15. The molecule has 0 aliphatic carbocycles. The highest BCUT2D eigenvalue weighted by Crippen LogP contribution is 2.22. The predicted octanol–water partition coefficient (Wildman–Crippen LogP) is 4.18. The SMILES string of the molecule is COc1cccc(NC(N)=NCCc2ccc(OC(F)(F)F)cc2)c1.I. The molecule has 0 spiro atoms. The Hall–Kier alpha value is -2.17. The van der Waals surface area contributed by atoms with E-state index in [4.69, 9.17) is 10.5 Å². The molecule has 0 saturated heterocycles. The van der Waals surface area contributed by atoms with Gasteiger partial charge in [-0.2, -0.15) is 0 Å². The number of benzene rings is 2. The van der Waals surface area contributed by atoms with Crippen molar-refractivity contribution in [3.8, 4) is 11.5 Å². The van der Waals surface area contributed by atoms with Gasteiger partial charge in [-0.15, -0.1) is 37.1 Å². The van der Waals surface area contributed by atoms with Gasteiger partial charge in [0.05, 0.1) is 7.11 Å². The van der Waals surface area contributed by atoms with Crippen molar-refractivity contribution >= 4 is 35.6 Å². The molecule has 2 rings (SSSR count). The van der Waals surface area contributed by atoms with E-state index in [0.717, 1.165) is 11.3 Å². The summed E-state index contributed by atoms with van der Waals surface area (Å²) in [5.41, 5.74) is 7.38. The molecule has 0 bridgehead atoms. The van der Waals surface area contributed by atoms with Gasteiger partial charge < -0.3 is 20.5 Å². The third-order valence-corrected chi connectivity index (χ3v) is 3.18. The van der Waals surface area contributed by atoms with Gasteiger partial charge >= 0.3 is 6.36 Å². The van der Waals surface area contributed by atoms with Crippen molar-refractivity contribution in [2.24, 2.45) is 10.7 Å². The summed E-state index contributed by atoms with van der Waals surface area (Å²) in [5.74, 6) is 0.684. The first-order valence-corrected chi connectivity index (χ1v) is 7.41. The molecule has 0 amide bonds. The maximum absolute atomic E-state index is 12.1. The highest BCUT2D eigenvalue weighted by Gasteiger charge is 2.30. The second-order valence-electron chi connectivity index (χ2n) is 5.07. The lowest BCUT2D eigenvalue weighted by molar-refractivity contribution is -0.274. The van der Waals surface area contributed by atoms with Gasteiger partial charge in [0.25, 0.3) is 0 Å². The van der Waals surface area contributed by atoms with Gasteiger partial charge in [-0.3, -0.25) is 4.99 Å². The Morgan fingerprint density at radius 3 is 2.42 bits per heavy atom. The van der Waals surface area contributed by atoms with E-state index in [1.165, 1.54) is 12.1 Å². The largest absolute Gasteiger partial charge is 0.573 e. The van der Waals surface area contributed by atoms with Crippen LogP contribution in [0.25, 0.3) is 0 Å². The summed E-state index contributed by atoms with van der Waals surface area (Å²) in [6.45, 7) is 0.391. The van der Waals surface area contributed by atoms with Crippen LogP contribution in [0.4, 0.5) is 18.9 Å². The van der Waals surface area contributed by atoms with Crippen molar-refractivity contribution < 1.29 is 22.6 Å². The Balaban J connectivity index is 0.00000338. The molecule has 142 valence electrons. The van der Waals surface area contributed by atoms with E-state index < -0.39 is 6.36 Å². The summed E-state index contributed by atoms with van der Waals surface area (Å²) >= 11 is 0. The topological polar surface area (TPSA) is 68.9 Å². The number of nitrogens with two attached hydrogens (primary N) is 1. The molecular weight excluding hydrogens is 462 g/mol. The van der Waals surface area contributed by atoms with E-state index in [9.17, 15) is 13.2 Å². The average molecular weight is 481 g/mol. The first-order chi connectivity index (χ1) is 11.9. The van der Waals surface area contributed by atoms with Gasteiger partial charge in [-0.05, 0) is 36.2 Å². The van der Waals surface area contributed by atoms with Crippen molar-refractivity contribution in [2.45, 2.75) is 12.8 Å². The van der Waals surface area contributed by atoms with Crippen LogP contribution >= 0.6 is 24.0 Å². The Labute approximate surface area is 166 Å². The van der Waals surface area contributed by atoms with Crippen LogP contribution in [0.1, 0.15) is 5.56 Å². The van der Waals surface area contributed by atoms with Crippen molar-refractivity contribution in [1.29, 1.82) is 0 Å². The molecule has 0 saturated carbocycles. The van der Waals surface area contributed by atoms with Crippen LogP contribution in [-0.2, 0) is 6.42 Å². The predicted molar refractivity (Wildman–Crippen MR) is 105 cm³/mol. The fraction of sp³-hybridized carbons (Fsp3) is 0.235. The number of methoxy groups -OCH3 is 1. The molecule has 2 aromatic rings. The quantitative estimate of drug-likeness (QED) is 0.369. The van der Waals surface area contributed by atoms with Gasteiger partial charge in [-0.1, -0.05) is 18.2 Å². The van der Waals surface area contributed by atoms with Gasteiger partial charge in [0, 0.05) is 18.3 Å². The number of nitrogens with zero attached hydrogens (tertiary/aromatic N) is 1. The highest BCUT2D eigenvalue weighted by molar-refractivity contribution is 14.0. The summed E-state index contributed by atoms with van der Waals surface area (Å²) in [4.78, 5) is 4.18. The zero-order chi connectivity index (χ0) is 18.3. The molecular formula is C17H19F3IN3O2. The Bertz CT molecular complexity index is 722. The number of anilines is 1. The van der Waals surface area contributed by atoms with Crippen molar-refractivity contribution in [3.05, 3.63) is 54.1 Å². The van der Waals surface area contributed by atoms with Crippen LogP contribution in [0.3, 0.4) is 0 Å². The minimum Gasteiger partial charge on any atom is -0.497 e. The maximum Gasteiger partial charge on any atom is 0.573 e. The Kier molecular flexibility index (Phi) is 8.49. The van der Waals surface area contributed by atoms with Crippen molar-refractivity contribution in [3.63, 3.8) is 0 Å². The Morgan fingerprint density at radius 2 is 1.81 bits per heavy atom. The molecule has 0 aromatic heterocycles. The number of ether oxygens (including phenoxy) is 2. The number of aliphatic imine (C=N–C) groups is 1. The van der Waals surface area contributed by atoms with Gasteiger partial charge in [0.15, 0.2) is 5.96 Å².